The van der Waals surface area contributed by atoms with Crippen molar-refractivity contribution >= 4 is 22.9 Å². The van der Waals surface area contributed by atoms with E-state index in [2.05, 4.69) is 6.08 Å². The van der Waals surface area contributed by atoms with Crippen LogP contribution in [0.25, 0.3) is 5.57 Å². The van der Waals surface area contributed by atoms with Crippen molar-refractivity contribution in [3.05, 3.63) is 57.1 Å². The Hall–Kier alpha value is -3.19. The number of carbonyl (C=O) groups is 3. The summed E-state index contributed by atoms with van der Waals surface area (Å²) in [6.45, 7) is 18.1. The molecule has 1 aromatic carbocycles. The average molecular weight is 565 g/mol. The molecule has 0 aliphatic heterocycles. The van der Waals surface area contributed by atoms with Gasteiger partial charge in [-0.3, -0.25) is 14.4 Å². The lowest BCUT2D eigenvalue weighted by Gasteiger charge is -2.59. The second-order valence-corrected chi connectivity index (χ2v) is 14.2. The van der Waals surface area contributed by atoms with Gasteiger partial charge in [0.2, 0.25) is 5.78 Å². The van der Waals surface area contributed by atoms with E-state index in [1.807, 2.05) is 61.5 Å². The van der Waals surface area contributed by atoms with Crippen LogP contribution in [0.4, 0.5) is 0 Å². The lowest BCUT2D eigenvalue weighted by molar-refractivity contribution is -0.171. The number of phenolic OH excluding ortho intramolecular Hbond substituents is 1. The molecule has 0 radical (unpaired) electrons. The molecule has 0 saturated heterocycles. The van der Waals surface area contributed by atoms with Crippen molar-refractivity contribution in [3.63, 3.8) is 0 Å². The fourth-order valence-electron chi connectivity index (χ4n) is 8.14. The Morgan fingerprint density at radius 3 is 2.20 bits per heavy atom. The SMILES string of the molecule is CC/C=C(/C)c1cc(C(C)(C)C)c(O)c2c1C[C@]1(C)C[C@]3(C)C(C(C)C)C(O)=C(C(C)=O)C(=O)[C@]3(O)C(O)=C1C2=O. The first-order valence-corrected chi connectivity index (χ1v) is 14.5. The summed E-state index contributed by atoms with van der Waals surface area (Å²) in [5.41, 5.74) is -3.20. The van der Waals surface area contributed by atoms with E-state index in [4.69, 9.17) is 0 Å². The van der Waals surface area contributed by atoms with Crippen LogP contribution in [-0.2, 0) is 21.4 Å². The molecule has 4 N–H and O–H groups in total. The van der Waals surface area contributed by atoms with Crippen molar-refractivity contribution in [2.75, 3.05) is 0 Å². The van der Waals surface area contributed by atoms with Crippen LogP contribution in [-0.4, -0.2) is 43.4 Å². The van der Waals surface area contributed by atoms with Crippen LogP contribution >= 0.6 is 0 Å². The molecule has 7 heteroatoms. The molecule has 222 valence electrons. The van der Waals surface area contributed by atoms with Gasteiger partial charge in [0.05, 0.1) is 5.56 Å². The molecule has 4 rings (SSSR count). The molecule has 1 aromatic rings. The highest BCUT2D eigenvalue weighted by molar-refractivity contribution is 6.25. The first-order chi connectivity index (χ1) is 18.7. The van der Waals surface area contributed by atoms with Crippen LogP contribution in [0.2, 0.25) is 0 Å². The zero-order valence-electron chi connectivity index (χ0n) is 25.9. The van der Waals surface area contributed by atoms with E-state index in [9.17, 15) is 34.8 Å². The third-order valence-corrected chi connectivity index (χ3v) is 9.75. The van der Waals surface area contributed by atoms with E-state index < -0.39 is 56.4 Å². The molecule has 0 bridgehead atoms. The topological polar surface area (TPSA) is 132 Å². The number of Topliss-reactive ketones (excluding diaryl/α,β-unsaturated/α-hetero) is 3. The molecule has 0 heterocycles. The summed E-state index contributed by atoms with van der Waals surface area (Å²) in [6, 6.07) is 1.94. The fraction of sp³-hybridized carbons (Fsp3) is 0.559. The summed E-state index contributed by atoms with van der Waals surface area (Å²) in [7, 11) is 0. The smallest absolute Gasteiger partial charge is 0.209 e. The van der Waals surface area contributed by atoms with Gasteiger partial charge < -0.3 is 20.4 Å². The van der Waals surface area contributed by atoms with Gasteiger partial charge in [-0.05, 0) is 67.2 Å². The van der Waals surface area contributed by atoms with Gasteiger partial charge in [-0.15, -0.1) is 0 Å². The van der Waals surface area contributed by atoms with Crippen molar-refractivity contribution in [1.29, 1.82) is 0 Å². The Bertz CT molecular complexity index is 1480. The fourth-order valence-corrected chi connectivity index (χ4v) is 8.14. The molecule has 0 spiro atoms. The number of rotatable bonds is 4. The molecule has 0 fully saturated rings. The largest absolute Gasteiger partial charge is 0.511 e. The van der Waals surface area contributed by atoms with Crippen molar-refractivity contribution in [2.45, 2.75) is 99.5 Å². The lowest BCUT2D eigenvalue weighted by Crippen LogP contribution is -2.67. The monoisotopic (exact) mass is 564 g/mol. The van der Waals surface area contributed by atoms with Gasteiger partial charge in [0.25, 0.3) is 0 Å². The summed E-state index contributed by atoms with van der Waals surface area (Å²) in [4.78, 5) is 40.9. The van der Waals surface area contributed by atoms with Crippen LogP contribution < -0.4 is 0 Å². The Labute approximate surface area is 242 Å². The van der Waals surface area contributed by atoms with Crippen LogP contribution in [0.15, 0.2) is 34.8 Å². The zero-order chi connectivity index (χ0) is 31.2. The minimum absolute atomic E-state index is 0.0661. The predicted molar refractivity (Wildman–Crippen MR) is 158 cm³/mol. The van der Waals surface area contributed by atoms with Crippen LogP contribution in [0.1, 0.15) is 109 Å². The highest BCUT2D eigenvalue weighted by Crippen LogP contribution is 2.65. The highest BCUT2D eigenvalue weighted by Gasteiger charge is 2.71. The number of aliphatic hydroxyl groups excluding tert-OH is 2. The van der Waals surface area contributed by atoms with E-state index in [0.29, 0.717) is 11.1 Å². The minimum atomic E-state index is -2.62. The molecule has 0 aromatic heterocycles. The number of phenols is 1. The number of allylic oxidation sites excluding steroid dienone is 4. The standard InChI is InChI=1S/C34H44O7/c1-11-12-17(4)19-13-21(31(6,7)8)26(36)23-20(19)14-32(9)15-33(10)24(16(2)3)27(37)22(18(5)35)29(39)34(33,41)30(40)25(32)28(23)38/h12-13,16,24,36-37,40-41H,11,14-15H2,1-10H3/b17-12-/t24?,32-,33-,34+/m1/s1. The molecule has 7 nitrogen and oxygen atoms in total. The van der Waals surface area contributed by atoms with Gasteiger partial charge in [0.15, 0.2) is 17.2 Å². The van der Waals surface area contributed by atoms with Crippen molar-refractivity contribution in [2.24, 2.45) is 22.7 Å². The number of fused-ring (bicyclic) bond motifs is 3. The highest BCUT2D eigenvalue weighted by atomic mass is 16.3. The molecule has 0 saturated carbocycles. The number of aliphatic hydroxyl groups is 3. The summed E-state index contributed by atoms with van der Waals surface area (Å²) >= 11 is 0. The quantitative estimate of drug-likeness (QED) is 0.309. The second-order valence-electron chi connectivity index (χ2n) is 14.2. The van der Waals surface area contributed by atoms with E-state index in [1.165, 1.54) is 0 Å². The molecule has 41 heavy (non-hydrogen) atoms. The number of benzene rings is 1. The number of carbonyl (C=O) groups excluding carboxylic acids is 3. The molecular weight excluding hydrogens is 520 g/mol. The molecule has 3 aliphatic carbocycles. The summed E-state index contributed by atoms with van der Waals surface area (Å²) in [6.07, 6.45) is 3.17. The number of ketones is 3. The van der Waals surface area contributed by atoms with Crippen LogP contribution in [0.5, 0.6) is 5.75 Å². The zero-order valence-corrected chi connectivity index (χ0v) is 25.9. The predicted octanol–water partition coefficient (Wildman–Crippen LogP) is 6.46. The summed E-state index contributed by atoms with van der Waals surface area (Å²) < 4.78 is 0. The van der Waals surface area contributed by atoms with Gasteiger partial charge in [-0.25, -0.2) is 0 Å². The van der Waals surface area contributed by atoms with Crippen molar-refractivity contribution in [1.82, 2.24) is 0 Å². The minimum Gasteiger partial charge on any atom is -0.511 e. The van der Waals surface area contributed by atoms with Gasteiger partial charge >= 0.3 is 0 Å². The Kier molecular flexibility index (Phi) is 7.06. The van der Waals surface area contributed by atoms with Gasteiger partial charge in [-0.2, -0.15) is 0 Å². The molecular formula is C34H44O7. The van der Waals surface area contributed by atoms with Gasteiger partial charge in [0.1, 0.15) is 22.8 Å². The Balaban J connectivity index is 2.13. The molecule has 1 unspecified atom stereocenters. The summed E-state index contributed by atoms with van der Waals surface area (Å²) in [5, 5.41) is 47.0. The summed E-state index contributed by atoms with van der Waals surface area (Å²) in [5.74, 6) is -5.01. The first kappa shape index (κ1) is 30.8. The molecule has 3 aliphatic rings. The average Bonchev–Trinajstić information content (AvgIpc) is 2.80. The Morgan fingerprint density at radius 1 is 1.12 bits per heavy atom. The van der Waals surface area contributed by atoms with Crippen molar-refractivity contribution < 1.29 is 34.8 Å². The second kappa shape index (κ2) is 9.41. The Morgan fingerprint density at radius 2 is 1.71 bits per heavy atom. The van der Waals surface area contributed by atoms with E-state index in [0.717, 1.165) is 24.5 Å². The van der Waals surface area contributed by atoms with E-state index in [-0.39, 0.29) is 41.4 Å². The maximum Gasteiger partial charge on any atom is 0.209 e. The van der Waals surface area contributed by atoms with E-state index >= 15 is 0 Å². The maximum atomic E-state index is 14.5. The molecule has 4 atom stereocenters. The number of aromatic hydroxyl groups is 1. The third-order valence-electron chi connectivity index (χ3n) is 9.75. The van der Waals surface area contributed by atoms with Crippen LogP contribution in [0.3, 0.4) is 0 Å². The van der Waals surface area contributed by atoms with Gasteiger partial charge in [-0.1, -0.05) is 61.5 Å². The van der Waals surface area contributed by atoms with Gasteiger partial charge in [0, 0.05) is 27.9 Å². The van der Waals surface area contributed by atoms with E-state index in [1.54, 1.807) is 6.92 Å². The van der Waals surface area contributed by atoms with Crippen LogP contribution in [0, 0.1) is 22.7 Å². The first-order valence-electron chi connectivity index (χ1n) is 14.5. The normalized spacial score (nSPS) is 30.4. The maximum absolute atomic E-state index is 14.5. The van der Waals surface area contributed by atoms with Crippen molar-refractivity contribution in [3.8, 4) is 5.75 Å². The lowest BCUT2D eigenvalue weighted by atomic mass is 9.44. The number of hydrogen-bond acceptors (Lipinski definition) is 7. The third kappa shape index (κ3) is 3.98. The number of hydrogen-bond donors (Lipinski definition) is 4. The molecule has 0 amide bonds.